The SMILES string of the molecule is Nc1c(S(=O)C2CCC2)sc2nc(-c3cccnc3)cc(-c3nccs3)c12. The quantitative estimate of drug-likeness (QED) is 0.524. The molecule has 136 valence electrons. The van der Waals surface area contributed by atoms with Gasteiger partial charge < -0.3 is 5.73 Å². The monoisotopic (exact) mass is 412 g/mol. The minimum Gasteiger partial charge on any atom is -0.396 e. The maximum absolute atomic E-state index is 13.0. The first-order valence-corrected chi connectivity index (χ1v) is 11.6. The lowest BCUT2D eigenvalue weighted by Gasteiger charge is -2.23. The third kappa shape index (κ3) is 2.88. The Morgan fingerprint density at radius 3 is 2.81 bits per heavy atom. The number of rotatable bonds is 4. The molecule has 0 saturated heterocycles. The van der Waals surface area contributed by atoms with Crippen molar-refractivity contribution in [2.24, 2.45) is 0 Å². The van der Waals surface area contributed by atoms with E-state index in [0.717, 1.165) is 55.5 Å². The third-order valence-electron chi connectivity index (χ3n) is 4.82. The van der Waals surface area contributed by atoms with Crippen LogP contribution in [0.3, 0.4) is 0 Å². The third-order valence-corrected chi connectivity index (χ3v) is 8.93. The van der Waals surface area contributed by atoms with Crippen LogP contribution in [0.15, 0.2) is 46.4 Å². The summed E-state index contributed by atoms with van der Waals surface area (Å²) < 4.78 is 13.7. The Labute approximate surface area is 166 Å². The van der Waals surface area contributed by atoms with Crippen molar-refractivity contribution in [3.05, 3.63) is 42.2 Å². The summed E-state index contributed by atoms with van der Waals surface area (Å²) in [7, 11) is -1.07. The van der Waals surface area contributed by atoms with Crippen molar-refractivity contribution in [1.29, 1.82) is 0 Å². The maximum atomic E-state index is 13.0. The second-order valence-corrected chi connectivity index (χ2v) is 10.3. The number of aromatic nitrogens is 3. The van der Waals surface area contributed by atoms with Crippen molar-refractivity contribution >= 4 is 49.4 Å². The topological polar surface area (TPSA) is 81.8 Å². The van der Waals surface area contributed by atoms with E-state index in [2.05, 4.69) is 9.97 Å². The Balaban J connectivity index is 1.75. The van der Waals surface area contributed by atoms with E-state index >= 15 is 0 Å². The summed E-state index contributed by atoms with van der Waals surface area (Å²) >= 11 is 3.01. The zero-order valence-electron chi connectivity index (χ0n) is 14.3. The lowest BCUT2D eigenvalue weighted by molar-refractivity contribution is 0.505. The smallest absolute Gasteiger partial charge is 0.128 e. The van der Waals surface area contributed by atoms with Gasteiger partial charge in [-0.3, -0.25) is 9.19 Å². The standard InChI is InChI=1S/C19H16N4OS3/c20-16-15-13(17-22-7-8-25-17)9-14(11-3-2-6-21-10-11)23-18(15)26-19(16)27(24)12-4-1-5-12/h2-3,6-10,12H,1,4-5,20H2. The molecule has 5 nitrogen and oxygen atoms in total. The number of fused-ring (bicyclic) bond motifs is 1. The average Bonchev–Trinajstić information content (AvgIpc) is 3.29. The first kappa shape index (κ1) is 17.0. The van der Waals surface area contributed by atoms with Gasteiger partial charge in [-0.2, -0.15) is 0 Å². The van der Waals surface area contributed by atoms with Gasteiger partial charge in [-0.15, -0.1) is 22.7 Å². The van der Waals surface area contributed by atoms with Gasteiger partial charge in [-0.05, 0) is 31.0 Å². The lowest BCUT2D eigenvalue weighted by Crippen LogP contribution is -2.23. The minimum absolute atomic E-state index is 0.224. The number of nitrogens with zero attached hydrogens (tertiary/aromatic N) is 3. The second-order valence-electron chi connectivity index (χ2n) is 6.47. The number of nitrogens with two attached hydrogens (primary N) is 1. The highest BCUT2D eigenvalue weighted by Gasteiger charge is 2.29. The Morgan fingerprint density at radius 1 is 1.26 bits per heavy atom. The van der Waals surface area contributed by atoms with Crippen molar-refractivity contribution in [1.82, 2.24) is 15.0 Å². The first-order valence-electron chi connectivity index (χ1n) is 8.66. The summed E-state index contributed by atoms with van der Waals surface area (Å²) in [6.45, 7) is 0. The molecule has 8 heteroatoms. The summed E-state index contributed by atoms with van der Waals surface area (Å²) in [5.74, 6) is 0. The highest BCUT2D eigenvalue weighted by molar-refractivity contribution is 7.88. The van der Waals surface area contributed by atoms with Gasteiger partial charge in [0.15, 0.2) is 0 Å². The highest BCUT2D eigenvalue weighted by atomic mass is 32.2. The van der Waals surface area contributed by atoms with Gasteiger partial charge in [0.1, 0.15) is 14.0 Å². The van der Waals surface area contributed by atoms with Crippen LogP contribution < -0.4 is 5.73 Å². The lowest BCUT2D eigenvalue weighted by atomic mass is 10.0. The van der Waals surface area contributed by atoms with E-state index in [9.17, 15) is 4.21 Å². The van der Waals surface area contributed by atoms with Crippen LogP contribution in [0, 0.1) is 0 Å². The molecule has 4 aromatic rings. The highest BCUT2D eigenvalue weighted by Crippen LogP contribution is 2.44. The summed E-state index contributed by atoms with van der Waals surface area (Å²) in [5, 5.41) is 3.92. The Hall–Kier alpha value is -2.16. The van der Waals surface area contributed by atoms with Crippen LogP contribution >= 0.6 is 22.7 Å². The fourth-order valence-electron chi connectivity index (χ4n) is 3.17. The molecule has 0 radical (unpaired) electrons. The maximum Gasteiger partial charge on any atom is 0.128 e. The van der Waals surface area contributed by atoms with Crippen LogP contribution in [-0.2, 0) is 10.8 Å². The molecule has 0 bridgehead atoms. The fraction of sp³-hybridized carbons (Fsp3) is 0.211. The zero-order chi connectivity index (χ0) is 18.4. The molecule has 0 spiro atoms. The largest absolute Gasteiger partial charge is 0.396 e. The molecule has 0 aliphatic heterocycles. The van der Waals surface area contributed by atoms with Crippen molar-refractivity contribution in [3.8, 4) is 21.8 Å². The first-order chi connectivity index (χ1) is 13.2. The van der Waals surface area contributed by atoms with Crippen LogP contribution in [0.4, 0.5) is 5.69 Å². The number of hydrogen-bond donors (Lipinski definition) is 1. The molecule has 1 fully saturated rings. The number of thiophene rings is 1. The predicted molar refractivity (Wildman–Crippen MR) is 112 cm³/mol. The summed E-state index contributed by atoms with van der Waals surface area (Å²) in [6.07, 6.45) is 8.49. The van der Waals surface area contributed by atoms with Crippen LogP contribution in [0.2, 0.25) is 0 Å². The molecule has 1 aliphatic rings. The van der Waals surface area contributed by atoms with E-state index in [0.29, 0.717) is 5.69 Å². The Bertz CT molecular complexity index is 1130. The van der Waals surface area contributed by atoms with Gasteiger partial charge in [0.2, 0.25) is 0 Å². The van der Waals surface area contributed by atoms with Gasteiger partial charge in [-0.1, -0.05) is 6.42 Å². The molecule has 4 aromatic heterocycles. The van der Waals surface area contributed by atoms with Gasteiger partial charge in [0.25, 0.3) is 0 Å². The molecule has 0 amide bonds. The van der Waals surface area contributed by atoms with Crippen molar-refractivity contribution in [2.75, 3.05) is 5.73 Å². The molecule has 2 N–H and O–H groups in total. The van der Waals surface area contributed by atoms with Gasteiger partial charge in [-0.25, -0.2) is 9.97 Å². The molecule has 1 aliphatic carbocycles. The van der Waals surface area contributed by atoms with Gasteiger partial charge in [0, 0.05) is 45.7 Å². The molecule has 4 heterocycles. The van der Waals surface area contributed by atoms with Crippen molar-refractivity contribution < 1.29 is 4.21 Å². The number of thiazole rings is 1. The minimum atomic E-state index is -1.07. The molecular formula is C19H16N4OS3. The molecule has 1 unspecified atom stereocenters. The number of anilines is 1. The molecule has 27 heavy (non-hydrogen) atoms. The predicted octanol–water partition coefficient (Wildman–Crippen LogP) is 4.72. The number of pyridine rings is 2. The summed E-state index contributed by atoms with van der Waals surface area (Å²) in [6, 6.07) is 5.89. The molecule has 5 rings (SSSR count). The molecule has 1 saturated carbocycles. The second kappa shape index (κ2) is 6.78. The van der Waals surface area contributed by atoms with Crippen LogP contribution in [0.5, 0.6) is 0 Å². The van der Waals surface area contributed by atoms with Crippen molar-refractivity contribution in [2.45, 2.75) is 28.7 Å². The normalized spacial score (nSPS) is 15.7. The summed E-state index contributed by atoms with van der Waals surface area (Å²) in [5.41, 5.74) is 9.79. The van der Waals surface area contributed by atoms with E-state index in [1.807, 2.05) is 23.6 Å². The van der Waals surface area contributed by atoms with Gasteiger partial charge in [0.05, 0.1) is 22.2 Å². The van der Waals surface area contributed by atoms with E-state index in [1.165, 1.54) is 11.3 Å². The zero-order valence-corrected chi connectivity index (χ0v) is 16.7. The fourth-order valence-corrected chi connectivity index (χ4v) is 7.04. The number of hydrogen-bond acceptors (Lipinski definition) is 7. The van der Waals surface area contributed by atoms with E-state index in [4.69, 9.17) is 10.7 Å². The van der Waals surface area contributed by atoms with E-state index < -0.39 is 10.8 Å². The average molecular weight is 413 g/mol. The van der Waals surface area contributed by atoms with E-state index in [-0.39, 0.29) is 5.25 Å². The summed E-state index contributed by atoms with van der Waals surface area (Å²) in [4.78, 5) is 14.3. The van der Waals surface area contributed by atoms with Crippen LogP contribution in [-0.4, -0.2) is 24.4 Å². The van der Waals surface area contributed by atoms with Crippen molar-refractivity contribution in [3.63, 3.8) is 0 Å². The molecule has 1 atom stereocenters. The van der Waals surface area contributed by atoms with Gasteiger partial charge >= 0.3 is 0 Å². The van der Waals surface area contributed by atoms with Crippen LogP contribution in [0.1, 0.15) is 19.3 Å². The number of nitrogen functional groups attached to an aromatic ring is 1. The molecule has 0 aromatic carbocycles. The Morgan fingerprint density at radius 2 is 2.15 bits per heavy atom. The van der Waals surface area contributed by atoms with E-state index in [1.54, 1.807) is 29.9 Å². The molecular weight excluding hydrogens is 396 g/mol. The Kier molecular flexibility index (Phi) is 4.26. The van der Waals surface area contributed by atoms with Crippen LogP contribution in [0.25, 0.3) is 32.0 Å².